The zero-order valence-corrected chi connectivity index (χ0v) is 24.2. The van der Waals surface area contributed by atoms with Gasteiger partial charge in [0.05, 0.1) is 35.6 Å². The first kappa shape index (κ1) is 28.5. The Bertz CT molecular complexity index is 1910. The summed E-state index contributed by atoms with van der Waals surface area (Å²) in [6.45, 7) is 0.195. The van der Waals surface area contributed by atoms with E-state index < -0.39 is 0 Å². The van der Waals surface area contributed by atoms with Gasteiger partial charge in [0.15, 0.2) is 0 Å². The standard InChI is InChI=1S/C34H26N6O3S/c41-21-20-40(25-8-2-1-3-9-25)34(44)43-26-15-12-23(13-16-26)33(42)37-24-14-17-27-30(22-24)39-32(29-11-5-7-19-36-29)31(38-27)28-10-4-6-18-35-28/h1-19,22,41H,20-21H2,(H,37,42). The van der Waals surface area contributed by atoms with E-state index in [0.717, 1.165) is 5.69 Å². The fourth-order valence-electron chi connectivity index (χ4n) is 4.56. The summed E-state index contributed by atoms with van der Waals surface area (Å²) in [7, 11) is 0. The number of pyridine rings is 2. The molecule has 0 unspecified atom stereocenters. The Kier molecular flexibility index (Phi) is 8.53. The predicted octanol–water partition coefficient (Wildman–Crippen LogP) is 6.17. The van der Waals surface area contributed by atoms with Gasteiger partial charge in [0.2, 0.25) is 0 Å². The van der Waals surface area contributed by atoms with Crippen LogP contribution in [0, 0.1) is 0 Å². The summed E-state index contributed by atoms with van der Waals surface area (Å²) in [5, 5.41) is 12.6. The fourth-order valence-corrected chi connectivity index (χ4v) is 4.86. The Morgan fingerprint density at radius 1 is 0.773 bits per heavy atom. The number of hydrogen-bond acceptors (Lipinski definition) is 8. The van der Waals surface area contributed by atoms with E-state index in [4.69, 9.17) is 26.9 Å². The quantitative estimate of drug-likeness (QED) is 0.199. The summed E-state index contributed by atoms with van der Waals surface area (Å²) < 4.78 is 5.86. The number of aromatic nitrogens is 4. The molecule has 0 aliphatic rings. The minimum absolute atomic E-state index is 0.0896. The normalized spacial score (nSPS) is 10.8. The van der Waals surface area contributed by atoms with Gasteiger partial charge in [-0.05, 0) is 91.1 Å². The number of fused-ring (bicyclic) bond motifs is 1. The number of carbonyl (C=O) groups is 1. The van der Waals surface area contributed by atoms with E-state index in [1.807, 2.05) is 72.8 Å². The lowest BCUT2D eigenvalue weighted by Gasteiger charge is -2.24. The molecular weight excluding hydrogens is 572 g/mol. The number of amides is 1. The van der Waals surface area contributed by atoms with Crippen molar-refractivity contribution in [2.24, 2.45) is 0 Å². The van der Waals surface area contributed by atoms with Crippen molar-refractivity contribution >= 4 is 45.7 Å². The van der Waals surface area contributed by atoms with Gasteiger partial charge < -0.3 is 20.1 Å². The molecule has 1 amide bonds. The van der Waals surface area contributed by atoms with Crippen molar-refractivity contribution in [2.45, 2.75) is 0 Å². The van der Waals surface area contributed by atoms with Crippen LogP contribution in [0.15, 0.2) is 122 Å². The maximum Gasteiger partial charge on any atom is 0.269 e. The Balaban J connectivity index is 1.20. The van der Waals surface area contributed by atoms with Crippen LogP contribution in [0.3, 0.4) is 0 Å². The van der Waals surface area contributed by atoms with E-state index in [-0.39, 0.29) is 24.2 Å². The zero-order chi connectivity index (χ0) is 30.3. The van der Waals surface area contributed by atoms with Crippen LogP contribution in [-0.4, -0.2) is 49.3 Å². The van der Waals surface area contributed by atoms with E-state index in [2.05, 4.69) is 15.3 Å². The molecule has 44 heavy (non-hydrogen) atoms. The van der Waals surface area contributed by atoms with Crippen LogP contribution >= 0.6 is 12.2 Å². The Hall–Kier alpha value is -5.58. The first-order valence-electron chi connectivity index (χ1n) is 13.8. The third-order valence-corrected chi connectivity index (χ3v) is 6.97. The van der Waals surface area contributed by atoms with Crippen LogP contribution in [-0.2, 0) is 0 Å². The van der Waals surface area contributed by atoms with Crippen LogP contribution in [0.5, 0.6) is 5.75 Å². The molecule has 0 radical (unpaired) electrons. The molecule has 0 spiro atoms. The van der Waals surface area contributed by atoms with Gasteiger partial charge in [-0.1, -0.05) is 30.3 Å². The summed E-state index contributed by atoms with van der Waals surface area (Å²) in [6, 6.07) is 32.7. The van der Waals surface area contributed by atoms with E-state index in [1.165, 1.54) is 0 Å². The summed E-state index contributed by atoms with van der Waals surface area (Å²) in [4.78, 5) is 33.5. The SMILES string of the molecule is O=C(Nc1ccc2nc(-c3ccccn3)c(-c3ccccn3)nc2c1)c1ccc(OC(=S)N(CCO)c2ccccc2)cc1. The van der Waals surface area contributed by atoms with Crippen LogP contribution in [0.2, 0.25) is 0 Å². The van der Waals surface area contributed by atoms with Gasteiger partial charge in [-0.15, -0.1) is 0 Å². The average molecular weight is 599 g/mol. The molecule has 2 N–H and O–H groups in total. The molecule has 0 saturated carbocycles. The van der Waals surface area contributed by atoms with Crippen LogP contribution in [0.1, 0.15) is 10.4 Å². The highest BCUT2D eigenvalue weighted by molar-refractivity contribution is 7.80. The van der Waals surface area contributed by atoms with E-state index in [1.54, 1.807) is 53.7 Å². The minimum Gasteiger partial charge on any atom is -0.432 e. The molecule has 6 rings (SSSR count). The number of anilines is 2. The molecule has 9 nitrogen and oxygen atoms in total. The molecule has 0 atom stereocenters. The highest BCUT2D eigenvalue weighted by atomic mass is 32.1. The molecular formula is C34H26N6O3S. The largest absolute Gasteiger partial charge is 0.432 e. The first-order valence-corrected chi connectivity index (χ1v) is 14.2. The summed E-state index contributed by atoms with van der Waals surface area (Å²) >= 11 is 5.49. The molecule has 0 aliphatic heterocycles. The van der Waals surface area contributed by atoms with Crippen LogP contribution in [0.25, 0.3) is 33.8 Å². The number of rotatable bonds is 8. The molecule has 6 aromatic rings. The molecule has 216 valence electrons. The van der Waals surface area contributed by atoms with Crippen molar-refractivity contribution in [2.75, 3.05) is 23.4 Å². The van der Waals surface area contributed by atoms with E-state index in [9.17, 15) is 9.90 Å². The summed E-state index contributed by atoms with van der Waals surface area (Å²) in [5.74, 6) is 0.171. The van der Waals surface area contributed by atoms with Crippen LogP contribution < -0.4 is 15.0 Å². The van der Waals surface area contributed by atoms with Crippen molar-refractivity contribution in [3.63, 3.8) is 0 Å². The van der Waals surface area contributed by atoms with Gasteiger partial charge in [-0.2, -0.15) is 0 Å². The smallest absolute Gasteiger partial charge is 0.269 e. The maximum atomic E-state index is 13.1. The number of carbonyl (C=O) groups excluding carboxylic acids is 1. The third kappa shape index (κ3) is 6.41. The van der Waals surface area contributed by atoms with Gasteiger partial charge in [0.25, 0.3) is 11.1 Å². The molecule has 3 aromatic carbocycles. The van der Waals surface area contributed by atoms with E-state index >= 15 is 0 Å². The van der Waals surface area contributed by atoms with Gasteiger partial charge >= 0.3 is 0 Å². The molecule has 0 saturated heterocycles. The van der Waals surface area contributed by atoms with E-state index in [0.29, 0.717) is 50.8 Å². The third-order valence-electron chi connectivity index (χ3n) is 6.67. The minimum atomic E-state index is -0.298. The number of para-hydroxylation sites is 1. The van der Waals surface area contributed by atoms with Crippen molar-refractivity contribution in [1.29, 1.82) is 0 Å². The fraction of sp³-hybridized carbons (Fsp3) is 0.0588. The van der Waals surface area contributed by atoms with Crippen molar-refractivity contribution < 1.29 is 14.6 Å². The maximum absolute atomic E-state index is 13.1. The lowest BCUT2D eigenvalue weighted by atomic mass is 10.1. The second-order valence-electron chi connectivity index (χ2n) is 9.61. The molecule has 3 heterocycles. The number of aliphatic hydroxyl groups excluding tert-OH is 1. The topological polar surface area (TPSA) is 113 Å². The lowest BCUT2D eigenvalue weighted by molar-refractivity contribution is 0.102. The Labute approximate surface area is 258 Å². The summed E-state index contributed by atoms with van der Waals surface area (Å²) in [6.07, 6.45) is 3.42. The van der Waals surface area contributed by atoms with Crippen molar-refractivity contribution in [1.82, 2.24) is 19.9 Å². The molecule has 0 aliphatic carbocycles. The molecule has 10 heteroatoms. The highest BCUT2D eigenvalue weighted by Gasteiger charge is 2.17. The van der Waals surface area contributed by atoms with Gasteiger partial charge in [0, 0.05) is 29.3 Å². The lowest BCUT2D eigenvalue weighted by Crippen LogP contribution is -2.35. The zero-order valence-electron chi connectivity index (χ0n) is 23.4. The number of benzene rings is 3. The number of aliphatic hydroxyl groups is 1. The van der Waals surface area contributed by atoms with Crippen molar-refractivity contribution in [3.8, 4) is 28.5 Å². The molecule has 3 aromatic heterocycles. The van der Waals surface area contributed by atoms with Crippen LogP contribution in [0.4, 0.5) is 11.4 Å². The second kappa shape index (κ2) is 13.2. The van der Waals surface area contributed by atoms with Gasteiger partial charge in [0.1, 0.15) is 17.1 Å². The first-order chi connectivity index (χ1) is 21.6. The van der Waals surface area contributed by atoms with Gasteiger partial charge in [-0.3, -0.25) is 14.8 Å². The second-order valence-corrected chi connectivity index (χ2v) is 9.96. The monoisotopic (exact) mass is 598 g/mol. The number of hydrogen-bond donors (Lipinski definition) is 2. The number of ether oxygens (including phenoxy) is 1. The van der Waals surface area contributed by atoms with Crippen molar-refractivity contribution in [3.05, 3.63) is 127 Å². The summed E-state index contributed by atoms with van der Waals surface area (Å²) in [5.41, 5.74) is 5.65. The predicted molar refractivity (Wildman–Crippen MR) is 174 cm³/mol. The molecule has 0 bridgehead atoms. The number of nitrogens with one attached hydrogen (secondary N) is 1. The van der Waals surface area contributed by atoms with Gasteiger partial charge in [-0.25, -0.2) is 9.97 Å². The number of nitrogens with zero attached hydrogens (tertiary/aromatic N) is 5. The number of thiocarbonyl (C=S) groups is 1. The molecule has 0 fully saturated rings. The average Bonchev–Trinajstić information content (AvgIpc) is 3.08. The Morgan fingerprint density at radius 3 is 2.02 bits per heavy atom. The Morgan fingerprint density at radius 2 is 1.41 bits per heavy atom. The highest BCUT2D eigenvalue weighted by Crippen LogP contribution is 2.30.